The Morgan fingerprint density at radius 1 is 1.19 bits per heavy atom. The largest absolute Gasteiger partial charge is 0.466 e. The summed E-state index contributed by atoms with van der Waals surface area (Å²) >= 11 is 0. The van der Waals surface area contributed by atoms with Gasteiger partial charge >= 0.3 is 5.97 Å². The van der Waals surface area contributed by atoms with Gasteiger partial charge in [-0.3, -0.25) is 4.79 Å². The summed E-state index contributed by atoms with van der Waals surface area (Å²) in [6, 6.07) is 14.7. The van der Waals surface area contributed by atoms with Crippen molar-refractivity contribution in [3.05, 3.63) is 70.3 Å². The van der Waals surface area contributed by atoms with Crippen LogP contribution in [0.15, 0.2) is 42.5 Å². The number of benzene rings is 2. The summed E-state index contributed by atoms with van der Waals surface area (Å²) in [5, 5.41) is 8.88. The molecule has 1 N–H and O–H groups in total. The van der Waals surface area contributed by atoms with E-state index in [9.17, 15) is 4.79 Å². The van der Waals surface area contributed by atoms with Gasteiger partial charge in [0.25, 0.3) is 0 Å². The van der Waals surface area contributed by atoms with Crippen LogP contribution in [-0.4, -0.2) is 24.3 Å². The molecule has 3 nitrogen and oxygen atoms in total. The molecule has 2 aromatic rings. The average molecular weight is 348 g/mol. The van der Waals surface area contributed by atoms with E-state index in [1.807, 2.05) is 19.1 Å². The number of hydrogen-bond acceptors (Lipinski definition) is 3. The normalized spacial score (nSPS) is 15.1. The van der Waals surface area contributed by atoms with Crippen LogP contribution >= 0.6 is 0 Å². The first kappa shape index (κ1) is 18.2. The fourth-order valence-electron chi connectivity index (χ4n) is 3.57. The average Bonchev–Trinajstić information content (AvgIpc) is 2.78. The molecule has 1 unspecified atom stereocenters. The number of carbonyl (C=O) groups excluding carboxylic acids is 1. The summed E-state index contributed by atoms with van der Waals surface area (Å²) < 4.78 is 5.18. The first-order valence-corrected chi connectivity index (χ1v) is 9.16. The SMILES string of the molecule is CCOC(=O)CC1Cc2ccc(C#CCCO)cc2Cc2ccccc21. The van der Waals surface area contributed by atoms with E-state index in [-0.39, 0.29) is 18.5 Å². The van der Waals surface area contributed by atoms with Crippen LogP contribution in [0.3, 0.4) is 0 Å². The number of hydrogen-bond donors (Lipinski definition) is 1. The highest BCUT2D eigenvalue weighted by Gasteiger charge is 2.24. The van der Waals surface area contributed by atoms with Crippen molar-refractivity contribution >= 4 is 5.97 Å². The lowest BCUT2D eigenvalue weighted by atomic mass is 9.89. The highest BCUT2D eigenvalue weighted by atomic mass is 16.5. The number of aliphatic hydroxyl groups excluding tert-OH is 1. The van der Waals surface area contributed by atoms with Crippen LogP contribution in [0.4, 0.5) is 0 Å². The van der Waals surface area contributed by atoms with Crippen molar-refractivity contribution in [3.63, 3.8) is 0 Å². The lowest BCUT2D eigenvalue weighted by molar-refractivity contribution is -0.143. The zero-order chi connectivity index (χ0) is 18.4. The summed E-state index contributed by atoms with van der Waals surface area (Å²) in [6.07, 6.45) is 2.57. The van der Waals surface area contributed by atoms with E-state index in [0.29, 0.717) is 19.4 Å². The molecule has 0 radical (unpaired) electrons. The van der Waals surface area contributed by atoms with Gasteiger partial charge in [-0.05, 0) is 60.1 Å². The smallest absolute Gasteiger partial charge is 0.306 e. The van der Waals surface area contributed by atoms with Gasteiger partial charge in [-0.15, -0.1) is 0 Å². The predicted octanol–water partition coefficient (Wildman–Crippen LogP) is 3.60. The number of esters is 1. The van der Waals surface area contributed by atoms with Gasteiger partial charge in [0.15, 0.2) is 0 Å². The molecule has 0 bridgehead atoms. The lowest BCUT2D eigenvalue weighted by Gasteiger charge is -2.17. The van der Waals surface area contributed by atoms with Gasteiger partial charge in [-0.25, -0.2) is 0 Å². The van der Waals surface area contributed by atoms with Crippen molar-refractivity contribution in [3.8, 4) is 11.8 Å². The maximum Gasteiger partial charge on any atom is 0.306 e. The number of ether oxygens (including phenoxy) is 1. The zero-order valence-electron chi connectivity index (χ0n) is 15.1. The highest BCUT2D eigenvalue weighted by Crippen LogP contribution is 2.34. The highest BCUT2D eigenvalue weighted by molar-refractivity contribution is 5.71. The first-order valence-electron chi connectivity index (χ1n) is 9.16. The lowest BCUT2D eigenvalue weighted by Crippen LogP contribution is -2.12. The Labute approximate surface area is 155 Å². The third-order valence-corrected chi connectivity index (χ3v) is 4.74. The summed E-state index contributed by atoms with van der Waals surface area (Å²) in [5.41, 5.74) is 6.01. The summed E-state index contributed by atoms with van der Waals surface area (Å²) in [4.78, 5) is 12.1. The molecule has 134 valence electrons. The molecule has 26 heavy (non-hydrogen) atoms. The second kappa shape index (κ2) is 8.69. The standard InChI is InChI=1S/C23H24O3/c1-2-26-23(25)16-21-14-18-11-10-17(7-5-6-12-24)13-20(18)15-19-8-3-4-9-22(19)21/h3-4,8-11,13,21,24H,2,6,12,14-16H2,1H3. The summed E-state index contributed by atoms with van der Waals surface area (Å²) in [5.74, 6) is 6.10. The minimum Gasteiger partial charge on any atom is -0.466 e. The Hall–Kier alpha value is -2.57. The second-order valence-corrected chi connectivity index (χ2v) is 6.54. The van der Waals surface area contributed by atoms with Crippen molar-refractivity contribution < 1.29 is 14.6 Å². The summed E-state index contributed by atoms with van der Waals surface area (Å²) in [6.45, 7) is 2.34. The van der Waals surface area contributed by atoms with Crippen molar-refractivity contribution in [2.75, 3.05) is 13.2 Å². The van der Waals surface area contributed by atoms with Crippen LogP contribution in [0.2, 0.25) is 0 Å². The molecule has 1 aliphatic carbocycles. The molecule has 0 heterocycles. The van der Waals surface area contributed by atoms with E-state index in [0.717, 1.165) is 18.4 Å². The molecule has 0 aliphatic heterocycles. The fourth-order valence-corrected chi connectivity index (χ4v) is 3.57. The van der Waals surface area contributed by atoms with E-state index in [4.69, 9.17) is 9.84 Å². The van der Waals surface area contributed by atoms with Gasteiger partial charge < -0.3 is 9.84 Å². The molecule has 0 aromatic heterocycles. The molecule has 3 heteroatoms. The van der Waals surface area contributed by atoms with E-state index in [2.05, 4.69) is 42.2 Å². The van der Waals surface area contributed by atoms with Crippen LogP contribution in [-0.2, 0) is 22.4 Å². The Balaban J connectivity index is 1.93. The molecular weight excluding hydrogens is 324 g/mol. The molecular formula is C23H24O3. The van der Waals surface area contributed by atoms with E-state index >= 15 is 0 Å². The van der Waals surface area contributed by atoms with Gasteiger partial charge in [-0.1, -0.05) is 42.2 Å². The van der Waals surface area contributed by atoms with Crippen LogP contribution in [0.5, 0.6) is 0 Å². The monoisotopic (exact) mass is 348 g/mol. The zero-order valence-corrected chi connectivity index (χ0v) is 15.1. The van der Waals surface area contributed by atoms with Crippen molar-refractivity contribution in [2.24, 2.45) is 0 Å². The molecule has 2 aromatic carbocycles. The molecule has 0 spiro atoms. The Bertz CT molecular complexity index is 842. The van der Waals surface area contributed by atoms with Gasteiger partial charge in [0.1, 0.15) is 0 Å². The Kier molecular flexibility index (Phi) is 6.09. The maximum absolute atomic E-state index is 12.1. The van der Waals surface area contributed by atoms with E-state index in [1.165, 1.54) is 22.3 Å². The van der Waals surface area contributed by atoms with Gasteiger partial charge in [-0.2, -0.15) is 0 Å². The Morgan fingerprint density at radius 2 is 2.04 bits per heavy atom. The van der Waals surface area contributed by atoms with Crippen LogP contribution < -0.4 is 0 Å². The van der Waals surface area contributed by atoms with Crippen LogP contribution in [0.1, 0.15) is 53.5 Å². The molecule has 1 atom stereocenters. The third kappa shape index (κ3) is 4.33. The predicted molar refractivity (Wildman–Crippen MR) is 102 cm³/mol. The van der Waals surface area contributed by atoms with Crippen LogP contribution in [0.25, 0.3) is 0 Å². The fraction of sp³-hybridized carbons (Fsp3) is 0.348. The van der Waals surface area contributed by atoms with Gasteiger partial charge in [0.2, 0.25) is 0 Å². The molecule has 1 aliphatic rings. The van der Waals surface area contributed by atoms with Crippen molar-refractivity contribution in [1.29, 1.82) is 0 Å². The minimum atomic E-state index is -0.137. The first-order chi connectivity index (χ1) is 12.7. The quantitative estimate of drug-likeness (QED) is 0.678. The van der Waals surface area contributed by atoms with E-state index in [1.54, 1.807) is 0 Å². The third-order valence-electron chi connectivity index (χ3n) is 4.74. The van der Waals surface area contributed by atoms with Gasteiger partial charge in [0, 0.05) is 12.0 Å². The number of fused-ring (bicyclic) bond motifs is 2. The topological polar surface area (TPSA) is 46.5 Å². The van der Waals surface area contributed by atoms with E-state index < -0.39 is 0 Å². The number of aliphatic hydroxyl groups is 1. The molecule has 0 saturated heterocycles. The number of rotatable bonds is 4. The second-order valence-electron chi connectivity index (χ2n) is 6.54. The molecule has 0 saturated carbocycles. The number of carbonyl (C=O) groups is 1. The molecule has 0 amide bonds. The minimum absolute atomic E-state index is 0.0842. The summed E-state index contributed by atoms with van der Waals surface area (Å²) in [7, 11) is 0. The Morgan fingerprint density at radius 3 is 2.85 bits per heavy atom. The molecule has 0 fully saturated rings. The van der Waals surface area contributed by atoms with Crippen molar-refractivity contribution in [2.45, 2.75) is 38.5 Å². The molecule has 3 rings (SSSR count). The van der Waals surface area contributed by atoms with Crippen LogP contribution in [0, 0.1) is 11.8 Å². The van der Waals surface area contributed by atoms with Gasteiger partial charge in [0.05, 0.1) is 19.6 Å². The van der Waals surface area contributed by atoms with Crippen molar-refractivity contribution in [1.82, 2.24) is 0 Å². The maximum atomic E-state index is 12.1.